The van der Waals surface area contributed by atoms with Crippen molar-refractivity contribution in [1.82, 2.24) is 4.31 Å². The van der Waals surface area contributed by atoms with Gasteiger partial charge in [0.25, 0.3) is 0 Å². The van der Waals surface area contributed by atoms with Crippen LogP contribution in [0.25, 0.3) is 0 Å². The van der Waals surface area contributed by atoms with Crippen LogP contribution in [0.3, 0.4) is 0 Å². The number of piperidine rings is 1. The minimum Gasteiger partial charge on any atom is -0.495 e. The SMILES string of the molecule is COc1ccc(Br)cc1NC(=O)C1CCCCN1S(=O)(=O)c1ccc(C(C)=O)cc1. The number of carbonyl (C=O) groups is 2. The second kappa shape index (κ2) is 9.28. The van der Waals surface area contributed by atoms with E-state index in [1.807, 2.05) is 0 Å². The molecule has 0 aromatic heterocycles. The quantitative estimate of drug-likeness (QED) is 0.615. The van der Waals surface area contributed by atoms with Crippen LogP contribution in [0.5, 0.6) is 5.75 Å². The van der Waals surface area contributed by atoms with Gasteiger partial charge in [-0.3, -0.25) is 9.59 Å². The Balaban J connectivity index is 1.88. The Bertz CT molecular complexity index is 1050. The maximum absolute atomic E-state index is 13.2. The Morgan fingerprint density at radius 3 is 2.47 bits per heavy atom. The van der Waals surface area contributed by atoms with E-state index in [0.29, 0.717) is 29.8 Å². The molecule has 1 heterocycles. The van der Waals surface area contributed by atoms with Gasteiger partial charge in [0.15, 0.2) is 5.78 Å². The largest absolute Gasteiger partial charge is 0.495 e. The molecule has 1 amide bonds. The van der Waals surface area contributed by atoms with Crippen molar-refractivity contribution in [2.75, 3.05) is 19.0 Å². The number of sulfonamides is 1. The maximum atomic E-state index is 13.2. The van der Waals surface area contributed by atoms with Gasteiger partial charge in [0, 0.05) is 16.6 Å². The fourth-order valence-corrected chi connectivity index (χ4v) is 5.46. The summed E-state index contributed by atoms with van der Waals surface area (Å²) in [5.74, 6) is -0.0660. The topological polar surface area (TPSA) is 92.8 Å². The highest BCUT2D eigenvalue weighted by Gasteiger charge is 2.37. The highest BCUT2D eigenvalue weighted by molar-refractivity contribution is 9.10. The highest BCUT2D eigenvalue weighted by atomic mass is 79.9. The molecule has 1 saturated heterocycles. The van der Waals surface area contributed by atoms with Crippen molar-refractivity contribution in [3.8, 4) is 5.75 Å². The number of methoxy groups -OCH3 is 1. The summed E-state index contributed by atoms with van der Waals surface area (Å²) >= 11 is 3.36. The molecule has 0 aliphatic carbocycles. The van der Waals surface area contributed by atoms with Crippen molar-refractivity contribution in [2.45, 2.75) is 37.1 Å². The molecule has 1 atom stereocenters. The predicted octanol–water partition coefficient (Wildman–Crippen LogP) is 3.84. The van der Waals surface area contributed by atoms with Crippen molar-refractivity contribution < 1.29 is 22.7 Å². The number of carbonyl (C=O) groups excluding carboxylic acids is 2. The van der Waals surface area contributed by atoms with Gasteiger partial charge in [-0.15, -0.1) is 0 Å². The zero-order valence-electron chi connectivity index (χ0n) is 16.7. The summed E-state index contributed by atoms with van der Waals surface area (Å²) in [6, 6.07) is 10.2. The van der Waals surface area contributed by atoms with Crippen LogP contribution in [0.15, 0.2) is 51.8 Å². The van der Waals surface area contributed by atoms with Crippen molar-refractivity contribution in [2.24, 2.45) is 0 Å². The van der Waals surface area contributed by atoms with E-state index in [2.05, 4.69) is 21.2 Å². The lowest BCUT2D eigenvalue weighted by Gasteiger charge is -2.33. The summed E-state index contributed by atoms with van der Waals surface area (Å²) in [5.41, 5.74) is 0.897. The molecule has 0 radical (unpaired) electrons. The van der Waals surface area contributed by atoms with Crippen molar-refractivity contribution in [3.63, 3.8) is 0 Å². The zero-order valence-corrected chi connectivity index (χ0v) is 19.1. The maximum Gasteiger partial charge on any atom is 0.243 e. The van der Waals surface area contributed by atoms with E-state index >= 15 is 0 Å². The van der Waals surface area contributed by atoms with E-state index < -0.39 is 22.0 Å². The third-order valence-electron chi connectivity index (χ3n) is 5.04. The molecule has 3 rings (SSSR count). The Morgan fingerprint density at radius 1 is 1.13 bits per heavy atom. The van der Waals surface area contributed by atoms with Crippen LogP contribution in [-0.4, -0.2) is 44.1 Å². The molecule has 2 aromatic rings. The molecule has 1 aliphatic heterocycles. The molecular weight excluding hydrogens is 472 g/mol. The minimum atomic E-state index is -3.89. The predicted molar refractivity (Wildman–Crippen MR) is 117 cm³/mol. The zero-order chi connectivity index (χ0) is 21.9. The van der Waals surface area contributed by atoms with E-state index in [0.717, 1.165) is 10.9 Å². The first-order valence-electron chi connectivity index (χ1n) is 9.51. The van der Waals surface area contributed by atoms with Crippen LogP contribution in [0.4, 0.5) is 5.69 Å². The standard InChI is InChI=1S/C21H23BrN2O5S/c1-14(25)15-6-9-17(10-7-15)30(27,28)24-12-4-3-5-19(24)21(26)23-18-13-16(22)8-11-20(18)29-2/h6-11,13,19H,3-5,12H2,1-2H3,(H,23,26). The van der Waals surface area contributed by atoms with Crippen LogP contribution in [-0.2, 0) is 14.8 Å². The van der Waals surface area contributed by atoms with Gasteiger partial charge >= 0.3 is 0 Å². The lowest BCUT2D eigenvalue weighted by molar-refractivity contribution is -0.120. The number of ketones is 1. The van der Waals surface area contributed by atoms with Crippen molar-refractivity contribution in [3.05, 3.63) is 52.5 Å². The number of benzene rings is 2. The Labute approximate surface area is 184 Å². The third-order valence-corrected chi connectivity index (χ3v) is 7.46. The lowest BCUT2D eigenvalue weighted by atomic mass is 10.0. The molecule has 1 fully saturated rings. The molecule has 1 N–H and O–H groups in total. The van der Waals surface area contributed by atoms with Gasteiger partial charge in [-0.1, -0.05) is 34.5 Å². The summed E-state index contributed by atoms with van der Waals surface area (Å²) in [5, 5.41) is 2.80. The molecule has 0 spiro atoms. The number of halogens is 1. The third kappa shape index (κ3) is 4.74. The molecule has 30 heavy (non-hydrogen) atoms. The van der Waals surface area contributed by atoms with Crippen LogP contribution in [0.2, 0.25) is 0 Å². The number of ether oxygens (including phenoxy) is 1. The minimum absolute atomic E-state index is 0.0623. The first kappa shape index (κ1) is 22.5. The van der Waals surface area contributed by atoms with Crippen LogP contribution in [0, 0.1) is 0 Å². The van der Waals surface area contributed by atoms with E-state index in [1.165, 1.54) is 42.6 Å². The molecule has 1 unspecified atom stereocenters. The Hall–Kier alpha value is -2.23. The smallest absolute Gasteiger partial charge is 0.243 e. The van der Waals surface area contributed by atoms with Gasteiger partial charge in [0.05, 0.1) is 17.7 Å². The number of hydrogen-bond donors (Lipinski definition) is 1. The molecule has 2 aromatic carbocycles. The summed E-state index contributed by atoms with van der Waals surface area (Å²) < 4.78 is 33.8. The first-order valence-corrected chi connectivity index (χ1v) is 11.7. The normalized spacial score (nSPS) is 17.4. The Kier molecular flexibility index (Phi) is 6.95. The molecule has 160 valence electrons. The molecule has 1 aliphatic rings. The summed E-state index contributed by atoms with van der Waals surface area (Å²) in [7, 11) is -2.39. The van der Waals surface area contributed by atoms with E-state index in [1.54, 1.807) is 18.2 Å². The number of rotatable bonds is 6. The number of anilines is 1. The lowest BCUT2D eigenvalue weighted by Crippen LogP contribution is -2.49. The van der Waals surface area contributed by atoms with Crippen LogP contribution < -0.4 is 10.1 Å². The summed E-state index contributed by atoms with van der Waals surface area (Å²) in [6.07, 6.45) is 1.85. The second-order valence-corrected chi connectivity index (χ2v) is 9.85. The van der Waals surface area contributed by atoms with Gasteiger partial charge < -0.3 is 10.1 Å². The van der Waals surface area contributed by atoms with Crippen LogP contribution in [0.1, 0.15) is 36.5 Å². The first-order chi connectivity index (χ1) is 14.2. The number of amides is 1. The average molecular weight is 495 g/mol. The van der Waals surface area contributed by atoms with Crippen molar-refractivity contribution in [1.29, 1.82) is 0 Å². The van der Waals surface area contributed by atoms with Gasteiger partial charge in [-0.05, 0) is 50.1 Å². The van der Waals surface area contributed by atoms with E-state index in [4.69, 9.17) is 4.74 Å². The van der Waals surface area contributed by atoms with Crippen LogP contribution >= 0.6 is 15.9 Å². The van der Waals surface area contributed by atoms with E-state index in [-0.39, 0.29) is 17.2 Å². The van der Waals surface area contributed by atoms with E-state index in [9.17, 15) is 18.0 Å². The fourth-order valence-electron chi connectivity index (χ4n) is 3.45. The number of nitrogens with one attached hydrogen (secondary N) is 1. The fraction of sp³-hybridized carbons (Fsp3) is 0.333. The molecule has 7 nitrogen and oxygen atoms in total. The van der Waals surface area contributed by atoms with Crippen molar-refractivity contribution >= 4 is 43.3 Å². The Morgan fingerprint density at radius 2 is 1.83 bits per heavy atom. The second-order valence-electron chi connectivity index (χ2n) is 7.04. The average Bonchev–Trinajstić information content (AvgIpc) is 2.74. The number of hydrogen-bond acceptors (Lipinski definition) is 5. The highest BCUT2D eigenvalue weighted by Crippen LogP contribution is 2.30. The summed E-state index contributed by atoms with van der Waals surface area (Å²) in [4.78, 5) is 24.6. The molecular formula is C21H23BrN2O5S. The van der Waals surface area contributed by atoms with Gasteiger partial charge in [-0.25, -0.2) is 8.42 Å². The van der Waals surface area contributed by atoms with Gasteiger partial charge in [-0.2, -0.15) is 4.31 Å². The number of nitrogens with zero attached hydrogens (tertiary/aromatic N) is 1. The number of Topliss-reactive ketones (excluding diaryl/α,β-unsaturated/α-hetero) is 1. The summed E-state index contributed by atoms with van der Waals surface area (Å²) in [6.45, 7) is 1.68. The van der Waals surface area contributed by atoms with Gasteiger partial charge in [0.1, 0.15) is 11.8 Å². The monoisotopic (exact) mass is 494 g/mol. The molecule has 9 heteroatoms. The van der Waals surface area contributed by atoms with Gasteiger partial charge in [0.2, 0.25) is 15.9 Å². The molecule has 0 saturated carbocycles. The molecule has 0 bridgehead atoms.